The molecule has 1 aliphatic rings. The summed E-state index contributed by atoms with van der Waals surface area (Å²) in [5.41, 5.74) is 1.25. The lowest BCUT2D eigenvalue weighted by atomic mass is 9.92. The Bertz CT molecular complexity index is 756. The van der Waals surface area contributed by atoms with Crippen LogP contribution in [0.25, 0.3) is 0 Å². The van der Waals surface area contributed by atoms with E-state index in [0.29, 0.717) is 11.9 Å². The van der Waals surface area contributed by atoms with Crippen LogP contribution >= 0.6 is 11.6 Å². The maximum atomic E-state index is 11.2. The maximum absolute atomic E-state index is 11.2. The lowest BCUT2D eigenvalue weighted by Gasteiger charge is -2.39. The van der Waals surface area contributed by atoms with Gasteiger partial charge in [-0.3, -0.25) is 0 Å². The molecule has 0 aliphatic carbocycles. The van der Waals surface area contributed by atoms with Gasteiger partial charge in [-0.1, -0.05) is 23.7 Å². The second-order valence-electron chi connectivity index (χ2n) is 5.37. The zero-order valence-corrected chi connectivity index (χ0v) is 13.3. The van der Waals surface area contributed by atoms with Gasteiger partial charge < -0.3 is 4.90 Å². The molecule has 0 saturated carbocycles. The Balaban J connectivity index is 1.58. The molecule has 1 fully saturated rings. The van der Waals surface area contributed by atoms with Gasteiger partial charge in [-0.2, -0.15) is 0 Å². The van der Waals surface area contributed by atoms with E-state index in [0.717, 1.165) is 24.5 Å². The smallest absolute Gasteiger partial charge is 0.241 e. The molecule has 8 heteroatoms. The summed E-state index contributed by atoms with van der Waals surface area (Å²) >= 11 is 5.87. The Morgan fingerprint density at radius 1 is 1.18 bits per heavy atom. The van der Waals surface area contributed by atoms with Gasteiger partial charge in [-0.25, -0.2) is 23.5 Å². The normalized spacial score (nSPS) is 15.6. The molecule has 0 radical (unpaired) electrons. The number of aromatic nitrogens is 2. The highest BCUT2D eigenvalue weighted by molar-refractivity contribution is 7.89. The molecule has 0 atom stereocenters. The number of sulfonamides is 1. The summed E-state index contributed by atoms with van der Waals surface area (Å²) in [4.78, 5) is 10.0. The molecule has 2 heterocycles. The summed E-state index contributed by atoms with van der Waals surface area (Å²) in [6, 6.07) is 7.84. The Morgan fingerprint density at radius 3 is 2.32 bits per heavy atom. The number of anilines is 1. The molecule has 0 bridgehead atoms. The first-order chi connectivity index (χ1) is 10.4. The van der Waals surface area contributed by atoms with Crippen LogP contribution in [0.2, 0.25) is 5.02 Å². The van der Waals surface area contributed by atoms with Crippen molar-refractivity contribution in [1.82, 2.24) is 9.97 Å². The van der Waals surface area contributed by atoms with Crippen LogP contribution in [0.4, 0.5) is 5.95 Å². The van der Waals surface area contributed by atoms with E-state index in [1.165, 1.54) is 18.0 Å². The third kappa shape index (κ3) is 3.37. The standard InChI is InChI=1S/C14H15ClN4O2S/c15-12-3-1-10(2-4-12)5-11-8-19(9-11)14-17-6-13(7-18-14)22(16,20)21/h1-4,6-7,11H,5,8-9H2,(H2,16,20,21). The second kappa shape index (κ2) is 5.83. The van der Waals surface area contributed by atoms with Gasteiger partial charge in [0.05, 0.1) is 12.4 Å². The summed E-state index contributed by atoms with van der Waals surface area (Å²) < 4.78 is 22.3. The fraction of sp³-hybridized carbons (Fsp3) is 0.286. The van der Waals surface area contributed by atoms with Crippen molar-refractivity contribution in [2.75, 3.05) is 18.0 Å². The maximum Gasteiger partial charge on any atom is 0.241 e. The minimum Gasteiger partial charge on any atom is -0.340 e. The Morgan fingerprint density at radius 2 is 1.77 bits per heavy atom. The molecule has 6 nitrogen and oxygen atoms in total. The lowest BCUT2D eigenvalue weighted by molar-refractivity contribution is 0.401. The SMILES string of the molecule is NS(=O)(=O)c1cnc(N2CC(Cc3ccc(Cl)cc3)C2)nc1. The van der Waals surface area contributed by atoms with Crippen molar-refractivity contribution >= 4 is 27.6 Å². The van der Waals surface area contributed by atoms with E-state index in [4.69, 9.17) is 16.7 Å². The van der Waals surface area contributed by atoms with Crippen molar-refractivity contribution in [3.63, 3.8) is 0 Å². The van der Waals surface area contributed by atoms with Crippen molar-refractivity contribution in [1.29, 1.82) is 0 Å². The van der Waals surface area contributed by atoms with E-state index in [2.05, 4.69) is 9.97 Å². The van der Waals surface area contributed by atoms with Crippen LogP contribution in [-0.4, -0.2) is 31.5 Å². The van der Waals surface area contributed by atoms with E-state index in [1.807, 2.05) is 29.2 Å². The first-order valence-electron chi connectivity index (χ1n) is 6.76. The van der Waals surface area contributed by atoms with Gasteiger partial charge in [0.2, 0.25) is 16.0 Å². The number of hydrogen-bond acceptors (Lipinski definition) is 5. The zero-order valence-electron chi connectivity index (χ0n) is 11.7. The monoisotopic (exact) mass is 338 g/mol. The number of nitrogens with zero attached hydrogens (tertiary/aromatic N) is 3. The van der Waals surface area contributed by atoms with Gasteiger partial charge in [0.1, 0.15) is 4.90 Å². The summed E-state index contributed by atoms with van der Waals surface area (Å²) in [6.07, 6.45) is 3.46. The molecule has 22 heavy (non-hydrogen) atoms. The van der Waals surface area contributed by atoms with Crippen molar-refractivity contribution < 1.29 is 8.42 Å². The van der Waals surface area contributed by atoms with E-state index in [1.54, 1.807) is 0 Å². The van der Waals surface area contributed by atoms with E-state index in [9.17, 15) is 8.42 Å². The highest BCUT2D eigenvalue weighted by atomic mass is 35.5. The molecule has 116 valence electrons. The van der Waals surface area contributed by atoms with Crippen LogP contribution in [0.5, 0.6) is 0 Å². The van der Waals surface area contributed by atoms with Crippen LogP contribution < -0.4 is 10.0 Å². The predicted octanol–water partition coefficient (Wildman–Crippen LogP) is 1.46. The fourth-order valence-electron chi connectivity index (χ4n) is 2.44. The number of nitrogens with two attached hydrogens (primary N) is 1. The summed E-state index contributed by atoms with van der Waals surface area (Å²) in [6.45, 7) is 1.69. The largest absolute Gasteiger partial charge is 0.340 e. The predicted molar refractivity (Wildman–Crippen MR) is 84.3 cm³/mol. The third-order valence-corrected chi connectivity index (χ3v) is 4.74. The summed E-state index contributed by atoms with van der Waals surface area (Å²) in [7, 11) is -3.74. The molecule has 0 spiro atoms. The van der Waals surface area contributed by atoms with Gasteiger partial charge >= 0.3 is 0 Å². The lowest BCUT2D eigenvalue weighted by Crippen LogP contribution is -2.48. The second-order valence-corrected chi connectivity index (χ2v) is 7.36. The molecule has 0 unspecified atom stereocenters. The van der Waals surface area contributed by atoms with E-state index in [-0.39, 0.29) is 4.90 Å². The topological polar surface area (TPSA) is 89.2 Å². The number of rotatable bonds is 4. The zero-order chi connectivity index (χ0) is 15.7. The minimum atomic E-state index is -3.74. The van der Waals surface area contributed by atoms with Crippen LogP contribution in [0.3, 0.4) is 0 Å². The summed E-state index contributed by atoms with van der Waals surface area (Å²) in [5, 5.41) is 5.76. The van der Waals surface area contributed by atoms with Gasteiger partial charge in [0.15, 0.2) is 0 Å². The van der Waals surface area contributed by atoms with Crippen molar-refractivity contribution in [3.8, 4) is 0 Å². The fourth-order valence-corrected chi connectivity index (χ4v) is 2.96. The Hall–Kier alpha value is -1.70. The average molecular weight is 339 g/mol. The number of halogens is 1. The molecule has 1 aliphatic heterocycles. The highest BCUT2D eigenvalue weighted by Crippen LogP contribution is 2.24. The van der Waals surface area contributed by atoms with Crippen LogP contribution in [-0.2, 0) is 16.4 Å². The molecule has 0 amide bonds. The molecular formula is C14H15ClN4O2S. The first kappa shape index (κ1) is 15.2. The Labute approximate surface area is 134 Å². The van der Waals surface area contributed by atoms with Crippen LogP contribution in [0.1, 0.15) is 5.56 Å². The van der Waals surface area contributed by atoms with Gasteiger partial charge in [0, 0.05) is 18.1 Å². The van der Waals surface area contributed by atoms with E-state index >= 15 is 0 Å². The molecule has 3 rings (SSSR count). The molecular weight excluding hydrogens is 324 g/mol. The minimum absolute atomic E-state index is 0.0745. The van der Waals surface area contributed by atoms with Crippen LogP contribution in [0, 0.1) is 5.92 Å². The Kier molecular flexibility index (Phi) is 4.03. The quantitative estimate of drug-likeness (QED) is 0.911. The molecule has 2 N–H and O–H groups in total. The third-order valence-electron chi connectivity index (χ3n) is 3.62. The van der Waals surface area contributed by atoms with Crippen molar-refractivity contribution in [2.45, 2.75) is 11.3 Å². The van der Waals surface area contributed by atoms with Gasteiger partial charge in [0.25, 0.3) is 0 Å². The van der Waals surface area contributed by atoms with Crippen LogP contribution in [0.15, 0.2) is 41.6 Å². The van der Waals surface area contributed by atoms with Crippen molar-refractivity contribution in [3.05, 3.63) is 47.2 Å². The highest BCUT2D eigenvalue weighted by Gasteiger charge is 2.28. The molecule has 1 saturated heterocycles. The molecule has 1 aromatic heterocycles. The number of hydrogen-bond donors (Lipinski definition) is 1. The van der Waals surface area contributed by atoms with E-state index < -0.39 is 10.0 Å². The number of primary sulfonamides is 1. The molecule has 2 aromatic rings. The van der Waals surface area contributed by atoms with Gasteiger partial charge in [-0.05, 0) is 30.0 Å². The number of benzene rings is 1. The molecule has 1 aromatic carbocycles. The summed E-state index contributed by atoms with van der Waals surface area (Å²) in [5.74, 6) is 1.06. The van der Waals surface area contributed by atoms with Crippen molar-refractivity contribution in [2.24, 2.45) is 11.1 Å². The van der Waals surface area contributed by atoms with Gasteiger partial charge in [-0.15, -0.1) is 0 Å². The first-order valence-corrected chi connectivity index (χ1v) is 8.68. The average Bonchev–Trinajstić information content (AvgIpc) is 2.43.